The number of aromatic nitrogens is 4. The van der Waals surface area contributed by atoms with Crippen LogP contribution in [0.3, 0.4) is 0 Å². The van der Waals surface area contributed by atoms with Gasteiger partial charge in [-0.1, -0.05) is 0 Å². The van der Waals surface area contributed by atoms with E-state index in [0.717, 1.165) is 19.3 Å². The first kappa shape index (κ1) is 18.8. The molecule has 3 heterocycles. The fourth-order valence-electron chi connectivity index (χ4n) is 3.94. The van der Waals surface area contributed by atoms with Crippen molar-refractivity contribution >= 4 is 29.0 Å². The maximum absolute atomic E-state index is 14.6. The van der Waals surface area contributed by atoms with Crippen LogP contribution in [0, 0.1) is 5.95 Å². The first-order valence-corrected chi connectivity index (χ1v) is 9.82. The van der Waals surface area contributed by atoms with Gasteiger partial charge in [-0.25, -0.2) is 23.7 Å². The van der Waals surface area contributed by atoms with E-state index in [9.17, 15) is 18.0 Å². The number of rotatable bonds is 6. The number of hydrogen-bond donors (Lipinski definition) is 3. The molecule has 156 valence electrons. The molecule has 0 aromatic carbocycles. The molecule has 0 bridgehead atoms. The van der Waals surface area contributed by atoms with Gasteiger partial charge in [0.25, 0.3) is 5.92 Å². The number of alkyl halides is 2. The van der Waals surface area contributed by atoms with Crippen molar-refractivity contribution in [2.75, 3.05) is 10.6 Å². The van der Waals surface area contributed by atoms with Gasteiger partial charge in [0, 0.05) is 42.2 Å². The second-order valence-corrected chi connectivity index (χ2v) is 7.90. The summed E-state index contributed by atoms with van der Waals surface area (Å²) < 4.78 is 40.9. The van der Waals surface area contributed by atoms with Crippen LogP contribution in [0.5, 0.6) is 0 Å². The van der Waals surface area contributed by atoms with Crippen LogP contribution in [0.4, 0.5) is 24.8 Å². The van der Waals surface area contributed by atoms with Gasteiger partial charge in [-0.15, -0.1) is 0 Å². The SMILES string of the molecule is O=Cc1c(-c2c[nH]c3ncnc(NC4CCC4)c23)cc(NC2CC(F)(F)C2)nc1F. The number of nitrogens with one attached hydrogen (secondary N) is 3. The minimum atomic E-state index is -2.71. The minimum absolute atomic E-state index is 0.105. The lowest BCUT2D eigenvalue weighted by atomic mass is 9.88. The molecule has 0 atom stereocenters. The number of nitrogens with zero attached hydrogens (tertiary/aromatic N) is 3. The monoisotopic (exact) mass is 416 g/mol. The first-order chi connectivity index (χ1) is 14.4. The number of hydrogen-bond acceptors (Lipinski definition) is 6. The number of aldehydes is 1. The molecule has 10 heteroatoms. The molecule has 7 nitrogen and oxygen atoms in total. The molecule has 0 aliphatic heterocycles. The van der Waals surface area contributed by atoms with Crippen LogP contribution < -0.4 is 10.6 Å². The van der Waals surface area contributed by atoms with Crippen LogP contribution in [-0.4, -0.2) is 44.2 Å². The molecule has 3 N–H and O–H groups in total. The zero-order valence-corrected chi connectivity index (χ0v) is 15.9. The van der Waals surface area contributed by atoms with Gasteiger partial charge in [0.15, 0.2) is 6.29 Å². The highest BCUT2D eigenvalue weighted by atomic mass is 19.3. The Morgan fingerprint density at radius 3 is 2.60 bits per heavy atom. The van der Waals surface area contributed by atoms with Gasteiger partial charge in [0.2, 0.25) is 5.95 Å². The molecule has 0 amide bonds. The average Bonchev–Trinajstić information content (AvgIpc) is 3.07. The summed E-state index contributed by atoms with van der Waals surface area (Å²) in [6.07, 6.45) is 6.01. The van der Waals surface area contributed by atoms with Gasteiger partial charge in [0.1, 0.15) is 23.6 Å². The van der Waals surface area contributed by atoms with Crippen LogP contribution in [0.1, 0.15) is 42.5 Å². The van der Waals surface area contributed by atoms with Crippen molar-refractivity contribution in [3.63, 3.8) is 0 Å². The molecule has 0 spiro atoms. The van der Waals surface area contributed by atoms with Crippen molar-refractivity contribution in [1.82, 2.24) is 19.9 Å². The Balaban J connectivity index is 1.57. The number of carbonyl (C=O) groups excluding carboxylic acids is 1. The molecule has 0 saturated heterocycles. The van der Waals surface area contributed by atoms with Crippen molar-refractivity contribution in [2.45, 2.75) is 50.1 Å². The van der Waals surface area contributed by atoms with Gasteiger partial charge in [-0.2, -0.15) is 4.39 Å². The van der Waals surface area contributed by atoms with Gasteiger partial charge < -0.3 is 15.6 Å². The molecule has 2 aliphatic carbocycles. The molecule has 2 saturated carbocycles. The molecule has 0 radical (unpaired) electrons. The van der Waals surface area contributed by atoms with Gasteiger partial charge in [-0.3, -0.25) is 4.79 Å². The summed E-state index contributed by atoms with van der Waals surface area (Å²) in [7, 11) is 0. The normalized spacial score (nSPS) is 18.6. The Morgan fingerprint density at radius 2 is 1.93 bits per heavy atom. The summed E-state index contributed by atoms with van der Waals surface area (Å²) in [5.41, 5.74) is 1.17. The van der Waals surface area contributed by atoms with E-state index in [2.05, 4.69) is 30.6 Å². The third-order valence-corrected chi connectivity index (χ3v) is 5.78. The highest BCUT2D eigenvalue weighted by Crippen LogP contribution is 2.40. The van der Waals surface area contributed by atoms with E-state index in [1.54, 1.807) is 6.20 Å². The van der Waals surface area contributed by atoms with Crippen LogP contribution in [0.15, 0.2) is 18.6 Å². The first-order valence-electron chi connectivity index (χ1n) is 9.82. The van der Waals surface area contributed by atoms with Gasteiger partial charge >= 0.3 is 0 Å². The lowest BCUT2D eigenvalue weighted by Crippen LogP contribution is -2.44. The van der Waals surface area contributed by atoms with Crippen LogP contribution in [0.2, 0.25) is 0 Å². The predicted molar refractivity (Wildman–Crippen MR) is 105 cm³/mol. The van der Waals surface area contributed by atoms with Crippen molar-refractivity contribution in [3.8, 4) is 11.1 Å². The second-order valence-electron chi connectivity index (χ2n) is 7.90. The van der Waals surface area contributed by atoms with E-state index in [1.165, 1.54) is 12.4 Å². The second kappa shape index (κ2) is 6.96. The van der Waals surface area contributed by atoms with E-state index < -0.39 is 17.9 Å². The Bertz CT molecular complexity index is 1120. The van der Waals surface area contributed by atoms with E-state index >= 15 is 0 Å². The third-order valence-electron chi connectivity index (χ3n) is 5.78. The Hall–Kier alpha value is -3.17. The molecule has 2 aliphatic rings. The number of aromatic amines is 1. The third kappa shape index (κ3) is 3.25. The van der Waals surface area contributed by atoms with Gasteiger partial charge in [0.05, 0.1) is 10.9 Å². The van der Waals surface area contributed by atoms with E-state index in [-0.39, 0.29) is 24.2 Å². The van der Waals surface area contributed by atoms with Crippen molar-refractivity contribution in [2.24, 2.45) is 0 Å². The minimum Gasteiger partial charge on any atom is -0.367 e. The maximum Gasteiger partial charge on any atom is 0.252 e. The highest BCUT2D eigenvalue weighted by Gasteiger charge is 2.45. The lowest BCUT2D eigenvalue weighted by molar-refractivity contribution is -0.0794. The molecule has 0 unspecified atom stereocenters. The molecule has 2 fully saturated rings. The summed E-state index contributed by atoms with van der Waals surface area (Å²) in [6, 6.07) is 1.32. The number of anilines is 2. The molecular formula is C20H19F3N6O. The fraction of sp³-hybridized carbons (Fsp3) is 0.400. The van der Waals surface area contributed by atoms with Crippen LogP contribution in [-0.2, 0) is 0 Å². The highest BCUT2D eigenvalue weighted by molar-refractivity contribution is 6.04. The summed E-state index contributed by atoms with van der Waals surface area (Å²) in [4.78, 5) is 27.0. The maximum atomic E-state index is 14.6. The van der Waals surface area contributed by atoms with Crippen LogP contribution in [0.25, 0.3) is 22.2 Å². The van der Waals surface area contributed by atoms with Crippen molar-refractivity contribution < 1.29 is 18.0 Å². The predicted octanol–water partition coefficient (Wildman–Crippen LogP) is 4.15. The average molecular weight is 416 g/mol. The largest absolute Gasteiger partial charge is 0.367 e. The molecule has 3 aromatic heterocycles. The smallest absolute Gasteiger partial charge is 0.252 e. The summed E-state index contributed by atoms with van der Waals surface area (Å²) in [5.74, 6) is -2.97. The summed E-state index contributed by atoms with van der Waals surface area (Å²) in [5, 5.41) is 6.85. The fourth-order valence-corrected chi connectivity index (χ4v) is 3.94. The summed E-state index contributed by atoms with van der Waals surface area (Å²) in [6.45, 7) is 0. The number of fused-ring (bicyclic) bond motifs is 1. The zero-order chi connectivity index (χ0) is 20.9. The van der Waals surface area contributed by atoms with Crippen LogP contribution >= 0.6 is 0 Å². The van der Waals surface area contributed by atoms with Crippen molar-refractivity contribution in [3.05, 3.63) is 30.1 Å². The van der Waals surface area contributed by atoms with E-state index in [0.29, 0.717) is 40.3 Å². The van der Waals surface area contributed by atoms with E-state index in [1.807, 2.05) is 0 Å². The number of carbonyl (C=O) groups is 1. The topological polar surface area (TPSA) is 95.6 Å². The lowest BCUT2D eigenvalue weighted by Gasteiger charge is -2.35. The zero-order valence-electron chi connectivity index (χ0n) is 15.9. The Kier molecular flexibility index (Phi) is 4.37. The standard InChI is InChI=1S/C20H19F3N6O/c21-17-14(8-30)12(4-15(29-17)27-11-5-20(22,23)6-11)13-7-24-18-16(13)19(26-9-25-18)28-10-2-1-3-10/h4,7-11H,1-3,5-6H2,(H,27,29)(H2,24,25,26,28). The number of pyridine rings is 1. The van der Waals surface area contributed by atoms with E-state index in [4.69, 9.17) is 0 Å². The van der Waals surface area contributed by atoms with Crippen molar-refractivity contribution in [1.29, 1.82) is 0 Å². The Morgan fingerprint density at radius 1 is 1.13 bits per heavy atom. The van der Waals surface area contributed by atoms with Gasteiger partial charge in [-0.05, 0) is 25.3 Å². The molecule has 3 aromatic rings. The molecule has 30 heavy (non-hydrogen) atoms. The molecular weight excluding hydrogens is 397 g/mol. The number of H-pyrrole nitrogens is 1. The molecule has 5 rings (SSSR count). The Labute approximate surface area is 169 Å². The number of halogens is 3. The summed E-state index contributed by atoms with van der Waals surface area (Å²) >= 11 is 0. The quantitative estimate of drug-likeness (QED) is 0.413.